The monoisotopic (exact) mass is 214 g/mol. The van der Waals surface area contributed by atoms with Gasteiger partial charge in [-0.1, -0.05) is 36.4 Å². The summed E-state index contributed by atoms with van der Waals surface area (Å²) < 4.78 is 5.06. The molecule has 1 heterocycles. The fraction of sp³-hybridized carbons (Fsp3) is 0.143. The highest BCUT2D eigenvalue weighted by Gasteiger charge is 2.02. The SMILES string of the molecule is OCCC(=Cc1ccccc1)c1ccoc1. The number of aliphatic hydroxyl groups excluding tert-OH is 1. The Morgan fingerprint density at radius 1 is 1.19 bits per heavy atom. The van der Waals surface area contributed by atoms with Crippen LogP contribution in [0.3, 0.4) is 0 Å². The second kappa shape index (κ2) is 5.33. The minimum absolute atomic E-state index is 0.143. The average molecular weight is 214 g/mol. The molecule has 1 N–H and O–H groups in total. The molecular weight excluding hydrogens is 200 g/mol. The molecule has 0 saturated heterocycles. The van der Waals surface area contributed by atoms with Gasteiger partial charge >= 0.3 is 0 Å². The quantitative estimate of drug-likeness (QED) is 0.847. The lowest BCUT2D eigenvalue weighted by molar-refractivity contribution is 0.305. The van der Waals surface area contributed by atoms with Gasteiger partial charge in [-0.05, 0) is 23.6 Å². The van der Waals surface area contributed by atoms with E-state index in [9.17, 15) is 0 Å². The molecule has 0 fully saturated rings. The van der Waals surface area contributed by atoms with Gasteiger partial charge in [0.25, 0.3) is 0 Å². The molecule has 2 heteroatoms. The number of furan rings is 1. The summed E-state index contributed by atoms with van der Waals surface area (Å²) in [5.74, 6) is 0. The Morgan fingerprint density at radius 2 is 2.00 bits per heavy atom. The maximum Gasteiger partial charge on any atom is 0.0977 e. The van der Waals surface area contributed by atoms with Crippen molar-refractivity contribution in [1.82, 2.24) is 0 Å². The van der Waals surface area contributed by atoms with Gasteiger partial charge in [0.1, 0.15) is 0 Å². The second-order valence-corrected chi connectivity index (χ2v) is 3.57. The van der Waals surface area contributed by atoms with Gasteiger partial charge < -0.3 is 9.52 Å². The third-order valence-corrected chi connectivity index (χ3v) is 2.41. The second-order valence-electron chi connectivity index (χ2n) is 3.57. The summed E-state index contributed by atoms with van der Waals surface area (Å²) in [6.07, 6.45) is 6.05. The molecule has 1 aromatic heterocycles. The van der Waals surface area contributed by atoms with Gasteiger partial charge in [0.05, 0.1) is 12.5 Å². The van der Waals surface area contributed by atoms with E-state index in [1.807, 2.05) is 36.4 Å². The maximum atomic E-state index is 9.04. The van der Waals surface area contributed by atoms with Gasteiger partial charge in [0.2, 0.25) is 0 Å². The molecule has 0 aliphatic carbocycles. The normalized spacial score (nSPS) is 11.7. The van der Waals surface area contributed by atoms with Crippen LogP contribution in [-0.4, -0.2) is 11.7 Å². The summed E-state index contributed by atoms with van der Waals surface area (Å²) in [4.78, 5) is 0. The summed E-state index contributed by atoms with van der Waals surface area (Å²) >= 11 is 0. The lowest BCUT2D eigenvalue weighted by Crippen LogP contribution is -1.87. The molecule has 0 spiro atoms. The van der Waals surface area contributed by atoms with E-state index in [-0.39, 0.29) is 6.61 Å². The van der Waals surface area contributed by atoms with Crippen LogP contribution >= 0.6 is 0 Å². The zero-order chi connectivity index (χ0) is 11.2. The molecule has 0 saturated carbocycles. The van der Waals surface area contributed by atoms with Gasteiger partial charge in [-0.15, -0.1) is 0 Å². The van der Waals surface area contributed by atoms with E-state index >= 15 is 0 Å². The Hall–Kier alpha value is -1.80. The van der Waals surface area contributed by atoms with Crippen molar-refractivity contribution in [2.24, 2.45) is 0 Å². The molecule has 0 aliphatic heterocycles. The van der Waals surface area contributed by atoms with Crippen molar-refractivity contribution < 1.29 is 9.52 Å². The van der Waals surface area contributed by atoms with Crippen LogP contribution in [0.5, 0.6) is 0 Å². The Morgan fingerprint density at radius 3 is 2.62 bits per heavy atom. The molecule has 0 amide bonds. The summed E-state index contributed by atoms with van der Waals surface area (Å²) in [5, 5.41) is 9.04. The zero-order valence-corrected chi connectivity index (χ0v) is 8.97. The summed E-state index contributed by atoms with van der Waals surface area (Å²) in [7, 11) is 0. The highest BCUT2D eigenvalue weighted by Crippen LogP contribution is 2.21. The van der Waals surface area contributed by atoms with Crippen LogP contribution in [0.4, 0.5) is 0 Å². The zero-order valence-electron chi connectivity index (χ0n) is 8.97. The van der Waals surface area contributed by atoms with E-state index in [1.165, 1.54) is 0 Å². The van der Waals surface area contributed by atoms with Crippen molar-refractivity contribution in [3.63, 3.8) is 0 Å². The van der Waals surface area contributed by atoms with Crippen LogP contribution in [0, 0.1) is 0 Å². The van der Waals surface area contributed by atoms with Crippen LogP contribution in [0.15, 0.2) is 53.3 Å². The first-order valence-corrected chi connectivity index (χ1v) is 5.29. The first kappa shape index (κ1) is 10.7. The summed E-state index contributed by atoms with van der Waals surface area (Å²) in [6, 6.07) is 12.0. The minimum Gasteiger partial charge on any atom is -0.472 e. The summed E-state index contributed by atoms with van der Waals surface area (Å²) in [6.45, 7) is 0.143. The first-order valence-electron chi connectivity index (χ1n) is 5.29. The van der Waals surface area contributed by atoms with Gasteiger partial charge in [0, 0.05) is 12.2 Å². The lowest BCUT2D eigenvalue weighted by atomic mass is 10.0. The summed E-state index contributed by atoms with van der Waals surface area (Å²) in [5.41, 5.74) is 3.24. The van der Waals surface area contributed by atoms with Crippen molar-refractivity contribution in [2.45, 2.75) is 6.42 Å². The van der Waals surface area contributed by atoms with Crippen molar-refractivity contribution in [3.8, 4) is 0 Å². The Labute approximate surface area is 94.8 Å². The van der Waals surface area contributed by atoms with E-state index in [0.29, 0.717) is 6.42 Å². The lowest BCUT2D eigenvalue weighted by Gasteiger charge is -2.02. The van der Waals surface area contributed by atoms with Crippen LogP contribution in [0.2, 0.25) is 0 Å². The topological polar surface area (TPSA) is 33.4 Å². The van der Waals surface area contributed by atoms with Crippen molar-refractivity contribution in [1.29, 1.82) is 0 Å². The maximum absolute atomic E-state index is 9.04. The highest BCUT2D eigenvalue weighted by molar-refractivity contribution is 5.81. The number of benzene rings is 1. The standard InChI is InChI=1S/C14H14O2/c15-8-6-13(14-7-9-16-11-14)10-12-4-2-1-3-5-12/h1-5,7,9-11,15H,6,8H2. The number of hydrogen-bond donors (Lipinski definition) is 1. The third kappa shape index (κ3) is 2.61. The fourth-order valence-corrected chi connectivity index (χ4v) is 1.62. The van der Waals surface area contributed by atoms with E-state index < -0.39 is 0 Å². The van der Waals surface area contributed by atoms with E-state index in [4.69, 9.17) is 9.52 Å². The van der Waals surface area contributed by atoms with Gasteiger partial charge in [-0.2, -0.15) is 0 Å². The van der Waals surface area contributed by atoms with E-state index in [2.05, 4.69) is 6.08 Å². The molecule has 0 bridgehead atoms. The van der Waals surface area contributed by atoms with Gasteiger partial charge in [-0.25, -0.2) is 0 Å². The smallest absolute Gasteiger partial charge is 0.0977 e. The van der Waals surface area contributed by atoms with Crippen LogP contribution < -0.4 is 0 Å². The van der Waals surface area contributed by atoms with Crippen molar-refractivity contribution in [2.75, 3.05) is 6.61 Å². The molecule has 2 rings (SSSR count). The average Bonchev–Trinajstić information content (AvgIpc) is 2.83. The van der Waals surface area contributed by atoms with Gasteiger partial charge in [-0.3, -0.25) is 0 Å². The molecule has 1 aromatic carbocycles. The molecule has 2 nitrogen and oxygen atoms in total. The molecule has 82 valence electrons. The van der Waals surface area contributed by atoms with Crippen molar-refractivity contribution in [3.05, 3.63) is 60.1 Å². The number of aliphatic hydroxyl groups is 1. The Balaban J connectivity index is 2.30. The van der Waals surface area contributed by atoms with Gasteiger partial charge in [0.15, 0.2) is 0 Å². The predicted molar refractivity (Wildman–Crippen MR) is 64.7 cm³/mol. The highest BCUT2D eigenvalue weighted by atomic mass is 16.3. The predicted octanol–water partition coefficient (Wildman–Crippen LogP) is 3.20. The largest absolute Gasteiger partial charge is 0.472 e. The van der Waals surface area contributed by atoms with Crippen LogP contribution in [-0.2, 0) is 0 Å². The molecular formula is C14H14O2. The minimum atomic E-state index is 0.143. The van der Waals surface area contributed by atoms with Crippen LogP contribution in [0.25, 0.3) is 11.6 Å². The first-order chi connectivity index (χ1) is 7.90. The van der Waals surface area contributed by atoms with Crippen molar-refractivity contribution >= 4 is 11.6 Å². The molecule has 16 heavy (non-hydrogen) atoms. The number of rotatable bonds is 4. The molecule has 2 aromatic rings. The van der Waals surface area contributed by atoms with E-state index in [0.717, 1.165) is 16.7 Å². The molecule has 0 radical (unpaired) electrons. The Kier molecular flexibility index (Phi) is 3.57. The van der Waals surface area contributed by atoms with E-state index in [1.54, 1.807) is 12.5 Å². The number of hydrogen-bond acceptors (Lipinski definition) is 2. The van der Waals surface area contributed by atoms with Crippen LogP contribution in [0.1, 0.15) is 17.5 Å². The molecule has 0 atom stereocenters. The fourth-order valence-electron chi connectivity index (χ4n) is 1.62. The molecule has 0 unspecified atom stereocenters. The molecule has 0 aliphatic rings. The third-order valence-electron chi connectivity index (χ3n) is 2.41. The Bertz CT molecular complexity index is 441.